The average Bonchev–Trinajstić information content (AvgIpc) is 2.97. The molecule has 7 nitrogen and oxygen atoms in total. The van der Waals surface area contributed by atoms with Crippen molar-refractivity contribution in [3.63, 3.8) is 0 Å². The average molecular weight is 428 g/mol. The molecule has 1 N–H and O–H groups in total. The van der Waals surface area contributed by atoms with Gasteiger partial charge in [0.25, 0.3) is 0 Å². The maximum absolute atomic E-state index is 14.0. The van der Waals surface area contributed by atoms with Gasteiger partial charge >= 0.3 is 6.03 Å². The summed E-state index contributed by atoms with van der Waals surface area (Å²) in [5.41, 5.74) is 1.27. The van der Waals surface area contributed by atoms with E-state index in [1.54, 1.807) is 24.1 Å². The summed E-state index contributed by atoms with van der Waals surface area (Å²) < 4.78 is 38.9. The topological polar surface area (TPSA) is 86.8 Å². The first-order chi connectivity index (χ1) is 13.6. The van der Waals surface area contributed by atoms with Crippen LogP contribution in [-0.4, -0.2) is 63.4 Å². The molecule has 1 aromatic carbocycles. The number of imide groups is 1. The highest BCUT2D eigenvalue weighted by atomic mass is 32.2. The summed E-state index contributed by atoms with van der Waals surface area (Å²) in [6, 6.07) is 4.37. The van der Waals surface area contributed by atoms with E-state index in [0.29, 0.717) is 38.0 Å². The van der Waals surface area contributed by atoms with E-state index in [-0.39, 0.29) is 41.7 Å². The van der Waals surface area contributed by atoms with Crippen LogP contribution in [0.3, 0.4) is 0 Å². The molecule has 3 amide bonds. The largest absolute Gasteiger partial charge is 0.373 e. The second-order valence-corrected chi connectivity index (χ2v) is 9.80. The molecule has 1 aromatic rings. The Morgan fingerprint density at radius 1 is 1.24 bits per heavy atom. The van der Waals surface area contributed by atoms with E-state index in [4.69, 9.17) is 0 Å². The lowest BCUT2D eigenvalue weighted by Gasteiger charge is -2.20. The van der Waals surface area contributed by atoms with Gasteiger partial charge in [0, 0.05) is 20.1 Å². The van der Waals surface area contributed by atoms with E-state index >= 15 is 0 Å². The number of sulfone groups is 1. The number of urea groups is 1. The lowest BCUT2D eigenvalue weighted by atomic mass is 10.0. The molecule has 0 unspecified atom stereocenters. The number of anilines is 1. The van der Waals surface area contributed by atoms with E-state index in [2.05, 4.69) is 5.32 Å². The van der Waals surface area contributed by atoms with E-state index in [0.717, 1.165) is 5.56 Å². The Kier molecular flexibility index (Phi) is 8.01. The maximum atomic E-state index is 14.0. The third-order valence-electron chi connectivity index (χ3n) is 5.18. The summed E-state index contributed by atoms with van der Waals surface area (Å²) in [4.78, 5) is 25.8. The number of rotatable bonds is 11. The number of amides is 3. The molecule has 1 atom stereocenters. The molecule has 0 spiro atoms. The molecule has 0 bridgehead atoms. The van der Waals surface area contributed by atoms with Crippen molar-refractivity contribution in [2.24, 2.45) is 0 Å². The molecule has 29 heavy (non-hydrogen) atoms. The Morgan fingerprint density at radius 3 is 2.59 bits per heavy atom. The van der Waals surface area contributed by atoms with Crippen LogP contribution in [0.5, 0.6) is 0 Å². The first-order valence-electron chi connectivity index (χ1n) is 9.92. The van der Waals surface area contributed by atoms with Gasteiger partial charge < -0.3 is 9.80 Å². The van der Waals surface area contributed by atoms with Crippen molar-refractivity contribution < 1.29 is 22.4 Å². The molecule has 0 saturated carbocycles. The number of carbonyl (C=O) groups is 2. The summed E-state index contributed by atoms with van der Waals surface area (Å²) in [6.07, 6.45) is 1.82. The highest BCUT2D eigenvalue weighted by Crippen LogP contribution is 2.25. The van der Waals surface area contributed by atoms with Gasteiger partial charge in [0.1, 0.15) is 12.4 Å². The molecule has 0 aliphatic carbocycles. The van der Waals surface area contributed by atoms with Gasteiger partial charge in [-0.15, -0.1) is 0 Å². The number of benzene rings is 1. The Morgan fingerprint density at radius 2 is 1.97 bits per heavy atom. The van der Waals surface area contributed by atoms with Crippen molar-refractivity contribution in [2.75, 3.05) is 43.1 Å². The molecule has 1 aliphatic heterocycles. The predicted octanol–water partition coefficient (Wildman–Crippen LogP) is 2.52. The zero-order valence-corrected chi connectivity index (χ0v) is 18.1. The standard InChI is InChI=1S/C20H30FN3O4S/c1-4-23(3)18-12-16(8-9-17(18)21)15(2)14-29(27,28)11-7-5-6-10-24-13-19(25)22-20(24)26/h8-9,12,15H,4-7,10-11,13-14H2,1-3H3,(H,22,25,26)/t15-/m0/s1. The Balaban J connectivity index is 1.81. The zero-order valence-electron chi connectivity index (χ0n) is 17.3. The first-order valence-corrected chi connectivity index (χ1v) is 11.7. The van der Waals surface area contributed by atoms with Crippen LogP contribution in [-0.2, 0) is 14.6 Å². The summed E-state index contributed by atoms with van der Waals surface area (Å²) in [5, 5.41) is 2.21. The van der Waals surface area contributed by atoms with Crippen molar-refractivity contribution in [3.05, 3.63) is 29.6 Å². The van der Waals surface area contributed by atoms with Gasteiger partial charge in [-0.2, -0.15) is 0 Å². The quantitative estimate of drug-likeness (QED) is 0.433. The Labute approximate surface area is 172 Å². The van der Waals surface area contributed by atoms with Crippen molar-refractivity contribution in [2.45, 2.75) is 39.0 Å². The minimum absolute atomic E-state index is 0.0109. The third kappa shape index (κ3) is 6.69. The number of halogens is 1. The van der Waals surface area contributed by atoms with Crippen molar-refractivity contribution >= 4 is 27.5 Å². The minimum atomic E-state index is -3.25. The van der Waals surface area contributed by atoms with Crippen LogP contribution in [0.1, 0.15) is 44.6 Å². The molecule has 1 aliphatic rings. The maximum Gasteiger partial charge on any atom is 0.324 e. The first kappa shape index (κ1) is 23.1. The molecule has 162 valence electrons. The number of carbonyl (C=O) groups excluding carboxylic acids is 2. The SMILES string of the molecule is CCN(C)c1cc([C@@H](C)CS(=O)(=O)CCCCCN2CC(=O)NC2=O)ccc1F. The molecule has 0 aromatic heterocycles. The van der Waals surface area contributed by atoms with E-state index < -0.39 is 9.84 Å². The van der Waals surface area contributed by atoms with Crippen LogP contribution in [0, 0.1) is 5.82 Å². The predicted molar refractivity (Wildman–Crippen MR) is 111 cm³/mol. The summed E-state index contributed by atoms with van der Waals surface area (Å²) in [5.74, 6) is -0.770. The fraction of sp³-hybridized carbons (Fsp3) is 0.600. The summed E-state index contributed by atoms with van der Waals surface area (Å²) in [6.45, 7) is 4.93. The monoisotopic (exact) mass is 427 g/mol. The van der Waals surface area contributed by atoms with Crippen LogP contribution in [0.2, 0.25) is 0 Å². The summed E-state index contributed by atoms with van der Waals surface area (Å²) in [7, 11) is -1.45. The van der Waals surface area contributed by atoms with Crippen LogP contribution < -0.4 is 10.2 Å². The van der Waals surface area contributed by atoms with Crippen LogP contribution in [0.25, 0.3) is 0 Å². The molecule has 1 fully saturated rings. The van der Waals surface area contributed by atoms with Crippen LogP contribution in [0.15, 0.2) is 18.2 Å². The van der Waals surface area contributed by atoms with Crippen molar-refractivity contribution in [1.82, 2.24) is 10.2 Å². The number of hydrogen-bond donors (Lipinski definition) is 1. The normalized spacial score (nSPS) is 15.5. The molecule has 9 heteroatoms. The minimum Gasteiger partial charge on any atom is -0.373 e. The highest BCUT2D eigenvalue weighted by Gasteiger charge is 2.25. The van der Waals surface area contributed by atoms with E-state index in [9.17, 15) is 22.4 Å². The molecule has 0 radical (unpaired) electrons. The summed E-state index contributed by atoms with van der Waals surface area (Å²) >= 11 is 0. The van der Waals surface area contributed by atoms with Gasteiger partial charge in [-0.3, -0.25) is 10.1 Å². The second kappa shape index (κ2) is 10.0. The molecule has 2 rings (SSSR count). The van der Waals surface area contributed by atoms with E-state index in [1.165, 1.54) is 11.0 Å². The van der Waals surface area contributed by atoms with Gasteiger partial charge in [-0.25, -0.2) is 17.6 Å². The third-order valence-corrected chi connectivity index (χ3v) is 7.10. The lowest BCUT2D eigenvalue weighted by molar-refractivity contribution is -0.118. The highest BCUT2D eigenvalue weighted by molar-refractivity contribution is 7.91. The molecular formula is C20H30FN3O4S. The number of hydrogen-bond acceptors (Lipinski definition) is 5. The van der Waals surface area contributed by atoms with Gasteiger partial charge in [-0.1, -0.05) is 19.4 Å². The molecule has 1 saturated heterocycles. The van der Waals surface area contributed by atoms with Gasteiger partial charge in [0.05, 0.1) is 17.2 Å². The second-order valence-electron chi connectivity index (χ2n) is 7.58. The Hall–Kier alpha value is -2.16. The van der Waals surface area contributed by atoms with Crippen molar-refractivity contribution in [1.29, 1.82) is 0 Å². The number of nitrogens with zero attached hydrogens (tertiary/aromatic N) is 2. The zero-order chi connectivity index (χ0) is 21.6. The molecule has 1 heterocycles. The number of unbranched alkanes of at least 4 members (excludes halogenated alkanes) is 2. The molecular weight excluding hydrogens is 397 g/mol. The van der Waals surface area contributed by atoms with Crippen molar-refractivity contribution in [3.8, 4) is 0 Å². The Bertz CT molecular complexity index is 844. The smallest absolute Gasteiger partial charge is 0.324 e. The fourth-order valence-electron chi connectivity index (χ4n) is 3.32. The van der Waals surface area contributed by atoms with Crippen LogP contribution >= 0.6 is 0 Å². The fourth-order valence-corrected chi connectivity index (χ4v) is 5.09. The van der Waals surface area contributed by atoms with Gasteiger partial charge in [0.15, 0.2) is 9.84 Å². The number of nitrogens with one attached hydrogen (secondary N) is 1. The van der Waals surface area contributed by atoms with Crippen LogP contribution in [0.4, 0.5) is 14.9 Å². The van der Waals surface area contributed by atoms with E-state index in [1.807, 2.05) is 13.8 Å². The lowest BCUT2D eigenvalue weighted by Crippen LogP contribution is -2.29. The van der Waals surface area contributed by atoms with Gasteiger partial charge in [0.2, 0.25) is 5.91 Å². The van der Waals surface area contributed by atoms with Gasteiger partial charge in [-0.05, 0) is 43.4 Å².